The van der Waals surface area contributed by atoms with Gasteiger partial charge in [-0.05, 0) is 36.5 Å². The van der Waals surface area contributed by atoms with Gasteiger partial charge in [0, 0.05) is 20.1 Å². The molecule has 0 saturated carbocycles. The second-order valence-electron chi connectivity index (χ2n) is 5.87. The molecule has 0 heterocycles. The minimum Gasteiger partial charge on any atom is -0.493 e. The average Bonchev–Trinajstić information content (AvgIpc) is 2.59. The molecule has 0 saturated heterocycles. The second kappa shape index (κ2) is 11.2. The van der Waals surface area contributed by atoms with E-state index in [2.05, 4.69) is 35.4 Å². The normalized spacial score (nSPS) is 11.1. The molecule has 0 bridgehead atoms. The lowest BCUT2D eigenvalue weighted by Gasteiger charge is -2.14. The van der Waals surface area contributed by atoms with Crippen LogP contribution in [0.2, 0.25) is 0 Å². The summed E-state index contributed by atoms with van der Waals surface area (Å²) in [7, 11) is 3.38. The molecule has 2 N–H and O–H groups in total. The number of nitrogens with zero attached hydrogens (tertiary/aromatic N) is 1. The first kappa shape index (κ1) is 19.7. The van der Waals surface area contributed by atoms with E-state index in [1.165, 1.54) is 6.42 Å². The molecule has 0 radical (unpaired) electrons. The van der Waals surface area contributed by atoms with Gasteiger partial charge in [0.1, 0.15) is 6.61 Å². The molecule has 0 aliphatic heterocycles. The monoisotopic (exact) mass is 331 g/mol. The molecule has 0 aromatic heterocycles. The molecule has 0 aliphatic carbocycles. The third-order valence-electron chi connectivity index (χ3n) is 3.47. The highest BCUT2D eigenvalue weighted by Gasteiger charge is 2.06. The molecule has 0 spiro atoms. The fourth-order valence-corrected chi connectivity index (χ4v) is 2.19. The minimum atomic E-state index is 0.215. The smallest absolute Gasteiger partial charge is 0.191 e. The van der Waals surface area contributed by atoms with E-state index in [4.69, 9.17) is 15.9 Å². The van der Waals surface area contributed by atoms with Crippen LogP contribution in [0.4, 0.5) is 0 Å². The first-order valence-electron chi connectivity index (χ1n) is 8.28. The molecule has 24 heavy (non-hydrogen) atoms. The van der Waals surface area contributed by atoms with Crippen LogP contribution in [0, 0.1) is 18.3 Å². The van der Waals surface area contributed by atoms with Crippen molar-refractivity contribution in [1.29, 1.82) is 0 Å². The van der Waals surface area contributed by atoms with Crippen molar-refractivity contribution in [2.75, 3.05) is 27.3 Å². The number of aliphatic imine (C=N–C) groups is 1. The van der Waals surface area contributed by atoms with Crippen molar-refractivity contribution in [3.63, 3.8) is 0 Å². The summed E-state index contributed by atoms with van der Waals surface area (Å²) >= 11 is 0. The van der Waals surface area contributed by atoms with Crippen LogP contribution in [0.15, 0.2) is 23.2 Å². The Morgan fingerprint density at radius 1 is 1.29 bits per heavy atom. The fraction of sp³-hybridized carbons (Fsp3) is 0.526. The van der Waals surface area contributed by atoms with Crippen molar-refractivity contribution < 1.29 is 9.47 Å². The van der Waals surface area contributed by atoms with E-state index in [0.29, 0.717) is 18.0 Å². The summed E-state index contributed by atoms with van der Waals surface area (Å²) in [4.78, 5) is 4.24. The molecule has 1 aromatic carbocycles. The minimum absolute atomic E-state index is 0.215. The number of benzene rings is 1. The van der Waals surface area contributed by atoms with Gasteiger partial charge in [0.15, 0.2) is 17.5 Å². The van der Waals surface area contributed by atoms with Crippen molar-refractivity contribution in [3.05, 3.63) is 23.8 Å². The zero-order valence-electron chi connectivity index (χ0n) is 15.2. The Morgan fingerprint density at radius 3 is 2.71 bits per heavy atom. The van der Waals surface area contributed by atoms with Crippen LogP contribution in [0.25, 0.3) is 0 Å². The van der Waals surface area contributed by atoms with E-state index in [1.807, 2.05) is 18.2 Å². The summed E-state index contributed by atoms with van der Waals surface area (Å²) in [6, 6.07) is 5.79. The molecule has 132 valence electrons. The Hall–Kier alpha value is -2.35. The van der Waals surface area contributed by atoms with Gasteiger partial charge in [0.05, 0.1) is 7.11 Å². The van der Waals surface area contributed by atoms with E-state index >= 15 is 0 Å². The Labute approximate surface area is 145 Å². The Bertz CT molecular complexity index is 562. The Kier molecular flexibility index (Phi) is 9.21. The van der Waals surface area contributed by atoms with Crippen LogP contribution in [0.3, 0.4) is 0 Å². The Balaban J connectivity index is 2.54. The third-order valence-corrected chi connectivity index (χ3v) is 3.47. The number of methoxy groups -OCH3 is 1. The molecule has 0 amide bonds. The van der Waals surface area contributed by atoms with Crippen molar-refractivity contribution in [1.82, 2.24) is 10.6 Å². The molecule has 1 aromatic rings. The summed E-state index contributed by atoms with van der Waals surface area (Å²) in [6.45, 7) is 6.23. The van der Waals surface area contributed by atoms with Crippen LogP contribution in [0.1, 0.15) is 32.3 Å². The maximum absolute atomic E-state index is 5.52. The maximum atomic E-state index is 5.52. The van der Waals surface area contributed by atoms with Gasteiger partial charge in [-0.2, -0.15) is 0 Å². The number of ether oxygens (including phenoxy) is 2. The summed E-state index contributed by atoms with van der Waals surface area (Å²) in [5.74, 6) is 5.30. The lowest BCUT2D eigenvalue weighted by Crippen LogP contribution is -2.37. The van der Waals surface area contributed by atoms with E-state index in [0.717, 1.165) is 30.4 Å². The van der Waals surface area contributed by atoms with Gasteiger partial charge < -0.3 is 20.1 Å². The summed E-state index contributed by atoms with van der Waals surface area (Å²) in [5, 5.41) is 6.62. The highest BCUT2D eigenvalue weighted by atomic mass is 16.5. The highest BCUT2D eigenvalue weighted by molar-refractivity contribution is 5.79. The summed E-state index contributed by atoms with van der Waals surface area (Å²) in [5.41, 5.74) is 1.06. The lowest BCUT2D eigenvalue weighted by atomic mass is 10.1. The van der Waals surface area contributed by atoms with E-state index in [1.54, 1.807) is 14.2 Å². The quantitative estimate of drug-likeness (QED) is 0.316. The van der Waals surface area contributed by atoms with Gasteiger partial charge in [0.2, 0.25) is 0 Å². The molecule has 0 fully saturated rings. The third kappa shape index (κ3) is 7.28. The number of rotatable bonds is 9. The predicted octanol–water partition coefficient (Wildman–Crippen LogP) is 2.81. The van der Waals surface area contributed by atoms with Gasteiger partial charge >= 0.3 is 0 Å². The Morgan fingerprint density at radius 2 is 2.08 bits per heavy atom. The standard InChI is InChI=1S/C19H29N3O2/c1-6-12-24-18-13-16(9-10-17(18)23-5)14-22-19(20-4)21-11-7-8-15(2)3/h1,9-10,13,15H,7-8,11-12,14H2,2-5H3,(H2,20,21,22). The molecule has 1 rings (SSSR count). The molecule has 5 heteroatoms. The van der Waals surface area contributed by atoms with Crippen LogP contribution >= 0.6 is 0 Å². The van der Waals surface area contributed by atoms with Crippen LogP contribution in [-0.4, -0.2) is 33.3 Å². The van der Waals surface area contributed by atoms with Crippen molar-refractivity contribution >= 4 is 5.96 Å². The molecule has 0 aliphatic rings. The zero-order chi connectivity index (χ0) is 17.8. The van der Waals surface area contributed by atoms with Crippen LogP contribution in [-0.2, 0) is 6.54 Å². The molecule has 0 unspecified atom stereocenters. The number of terminal acetylenes is 1. The van der Waals surface area contributed by atoms with Gasteiger partial charge in [-0.15, -0.1) is 6.42 Å². The lowest BCUT2D eigenvalue weighted by molar-refractivity contribution is 0.330. The van der Waals surface area contributed by atoms with Gasteiger partial charge in [-0.25, -0.2) is 0 Å². The molecular formula is C19H29N3O2. The van der Waals surface area contributed by atoms with Crippen molar-refractivity contribution in [3.8, 4) is 23.8 Å². The summed E-state index contributed by atoms with van der Waals surface area (Å²) < 4.78 is 10.8. The summed E-state index contributed by atoms with van der Waals surface area (Å²) in [6.07, 6.45) is 7.58. The van der Waals surface area contributed by atoms with Crippen molar-refractivity contribution in [2.24, 2.45) is 10.9 Å². The number of guanidine groups is 1. The van der Waals surface area contributed by atoms with Crippen LogP contribution in [0.5, 0.6) is 11.5 Å². The van der Waals surface area contributed by atoms with E-state index < -0.39 is 0 Å². The molecule has 0 atom stereocenters. The van der Waals surface area contributed by atoms with Gasteiger partial charge in [-0.1, -0.05) is 25.8 Å². The molecule has 5 nitrogen and oxygen atoms in total. The number of hydrogen-bond acceptors (Lipinski definition) is 3. The highest BCUT2D eigenvalue weighted by Crippen LogP contribution is 2.27. The SMILES string of the molecule is C#CCOc1cc(CNC(=NC)NCCCC(C)C)ccc1OC. The van der Waals surface area contributed by atoms with Crippen LogP contribution < -0.4 is 20.1 Å². The van der Waals surface area contributed by atoms with E-state index in [-0.39, 0.29) is 6.61 Å². The topological polar surface area (TPSA) is 54.9 Å². The van der Waals surface area contributed by atoms with E-state index in [9.17, 15) is 0 Å². The second-order valence-corrected chi connectivity index (χ2v) is 5.87. The van der Waals surface area contributed by atoms with Gasteiger partial charge in [-0.3, -0.25) is 4.99 Å². The average molecular weight is 331 g/mol. The number of hydrogen-bond donors (Lipinski definition) is 2. The fourth-order valence-electron chi connectivity index (χ4n) is 2.19. The predicted molar refractivity (Wildman–Crippen MR) is 99.6 cm³/mol. The van der Waals surface area contributed by atoms with Crippen molar-refractivity contribution in [2.45, 2.75) is 33.2 Å². The largest absolute Gasteiger partial charge is 0.493 e. The first-order valence-corrected chi connectivity index (χ1v) is 8.28. The number of nitrogens with one attached hydrogen (secondary N) is 2. The molecular weight excluding hydrogens is 302 g/mol. The van der Waals surface area contributed by atoms with Gasteiger partial charge in [0.25, 0.3) is 0 Å². The zero-order valence-corrected chi connectivity index (χ0v) is 15.2. The first-order chi connectivity index (χ1) is 11.6. The maximum Gasteiger partial charge on any atom is 0.191 e.